The van der Waals surface area contributed by atoms with E-state index in [9.17, 15) is 4.79 Å². The van der Waals surface area contributed by atoms with Gasteiger partial charge < -0.3 is 4.74 Å². The van der Waals surface area contributed by atoms with Crippen LogP contribution in [0.1, 0.15) is 118 Å². The summed E-state index contributed by atoms with van der Waals surface area (Å²) in [4.78, 5) is 12.1. The first-order chi connectivity index (χ1) is 10.6. The topological polar surface area (TPSA) is 26.3 Å². The first-order valence-electron chi connectivity index (χ1n) is 9.79. The highest BCUT2D eigenvalue weighted by atomic mass is 16.6. The lowest BCUT2D eigenvalue weighted by Gasteiger charge is -2.30. The van der Waals surface area contributed by atoms with Gasteiger partial charge in [-0.25, -0.2) is 0 Å². The van der Waals surface area contributed by atoms with Crippen molar-refractivity contribution >= 4 is 5.97 Å². The highest BCUT2D eigenvalue weighted by Crippen LogP contribution is 2.26. The standard InChI is InChI=1S/C20H40O2/c1-5-8-11-12-13-14-15-16-19(21)22-20(4,17-9-6-2)18-10-7-3/h5-18H2,1-4H3. The van der Waals surface area contributed by atoms with Gasteiger partial charge >= 0.3 is 5.97 Å². The Labute approximate surface area is 139 Å². The molecule has 0 heterocycles. The number of hydrogen-bond acceptors (Lipinski definition) is 2. The van der Waals surface area contributed by atoms with Crippen molar-refractivity contribution in [2.24, 2.45) is 0 Å². The molecule has 0 aliphatic carbocycles. The molecule has 0 amide bonds. The van der Waals surface area contributed by atoms with Crippen molar-refractivity contribution in [2.45, 2.75) is 123 Å². The molecule has 2 nitrogen and oxygen atoms in total. The Morgan fingerprint density at radius 1 is 0.727 bits per heavy atom. The molecular weight excluding hydrogens is 272 g/mol. The van der Waals surface area contributed by atoms with Gasteiger partial charge in [0.05, 0.1) is 0 Å². The maximum Gasteiger partial charge on any atom is 0.306 e. The normalized spacial score (nSPS) is 11.6. The Morgan fingerprint density at radius 2 is 1.18 bits per heavy atom. The Bertz CT molecular complexity index is 252. The van der Waals surface area contributed by atoms with E-state index >= 15 is 0 Å². The molecule has 2 heteroatoms. The molecule has 0 aromatic rings. The van der Waals surface area contributed by atoms with E-state index in [-0.39, 0.29) is 11.6 Å². The van der Waals surface area contributed by atoms with Gasteiger partial charge in [0, 0.05) is 6.42 Å². The van der Waals surface area contributed by atoms with Gasteiger partial charge in [-0.3, -0.25) is 4.79 Å². The molecule has 0 saturated carbocycles. The first kappa shape index (κ1) is 21.5. The fourth-order valence-electron chi connectivity index (χ4n) is 2.88. The van der Waals surface area contributed by atoms with E-state index in [0.717, 1.165) is 44.9 Å². The van der Waals surface area contributed by atoms with Gasteiger partial charge in [-0.05, 0) is 39.0 Å². The molecule has 0 spiro atoms. The minimum atomic E-state index is -0.232. The van der Waals surface area contributed by atoms with Crippen LogP contribution in [0.5, 0.6) is 0 Å². The number of ether oxygens (including phenoxy) is 1. The molecule has 0 aliphatic rings. The maximum absolute atomic E-state index is 12.1. The van der Waals surface area contributed by atoms with Gasteiger partial charge in [-0.1, -0.05) is 72.1 Å². The van der Waals surface area contributed by atoms with Gasteiger partial charge in [0.1, 0.15) is 5.60 Å². The zero-order chi connectivity index (χ0) is 16.7. The molecule has 0 N–H and O–H groups in total. The lowest BCUT2D eigenvalue weighted by Crippen LogP contribution is -2.31. The molecular formula is C20H40O2. The number of hydrogen-bond donors (Lipinski definition) is 0. The van der Waals surface area contributed by atoms with E-state index in [0.29, 0.717) is 6.42 Å². The second-order valence-corrected chi connectivity index (χ2v) is 7.00. The molecule has 0 aliphatic heterocycles. The van der Waals surface area contributed by atoms with E-state index in [1.54, 1.807) is 0 Å². The molecule has 0 aromatic carbocycles. The molecule has 0 rings (SSSR count). The zero-order valence-electron chi connectivity index (χ0n) is 15.7. The Kier molecular flexibility index (Phi) is 13.7. The van der Waals surface area contributed by atoms with Crippen LogP contribution in [-0.2, 0) is 9.53 Å². The summed E-state index contributed by atoms with van der Waals surface area (Å²) in [5.74, 6) is 0.0169. The smallest absolute Gasteiger partial charge is 0.306 e. The largest absolute Gasteiger partial charge is 0.459 e. The minimum Gasteiger partial charge on any atom is -0.459 e. The summed E-state index contributed by atoms with van der Waals surface area (Å²) in [6, 6.07) is 0. The monoisotopic (exact) mass is 312 g/mol. The van der Waals surface area contributed by atoms with Crippen LogP contribution in [0.25, 0.3) is 0 Å². The van der Waals surface area contributed by atoms with E-state index in [4.69, 9.17) is 4.74 Å². The summed E-state index contributed by atoms with van der Waals surface area (Å²) < 4.78 is 5.85. The van der Waals surface area contributed by atoms with Crippen molar-refractivity contribution in [3.8, 4) is 0 Å². The number of carbonyl (C=O) groups is 1. The first-order valence-corrected chi connectivity index (χ1v) is 9.79. The van der Waals surface area contributed by atoms with Gasteiger partial charge in [-0.15, -0.1) is 0 Å². The average Bonchev–Trinajstić information content (AvgIpc) is 2.50. The van der Waals surface area contributed by atoms with Crippen LogP contribution in [0.4, 0.5) is 0 Å². The van der Waals surface area contributed by atoms with Crippen molar-refractivity contribution < 1.29 is 9.53 Å². The molecule has 0 unspecified atom stereocenters. The summed E-state index contributed by atoms with van der Waals surface area (Å²) in [7, 11) is 0. The summed E-state index contributed by atoms with van der Waals surface area (Å²) in [5, 5.41) is 0. The summed E-state index contributed by atoms with van der Waals surface area (Å²) in [6.45, 7) is 8.76. The lowest BCUT2D eigenvalue weighted by molar-refractivity contribution is -0.160. The maximum atomic E-state index is 12.1. The molecule has 22 heavy (non-hydrogen) atoms. The van der Waals surface area contributed by atoms with Crippen LogP contribution >= 0.6 is 0 Å². The third-order valence-corrected chi connectivity index (χ3v) is 4.46. The van der Waals surface area contributed by atoms with Gasteiger partial charge in [0.15, 0.2) is 0 Å². The fourth-order valence-corrected chi connectivity index (χ4v) is 2.88. The average molecular weight is 313 g/mol. The van der Waals surface area contributed by atoms with Gasteiger partial charge in [-0.2, -0.15) is 0 Å². The van der Waals surface area contributed by atoms with Crippen LogP contribution in [-0.4, -0.2) is 11.6 Å². The van der Waals surface area contributed by atoms with Crippen LogP contribution < -0.4 is 0 Å². The lowest BCUT2D eigenvalue weighted by atomic mass is 9.92. The van der Waals surface area contributed by atoms with Crippen LogP contribution in [0.15, 0.2) is 0 Å². The van der Waals surface area contributed by atoms with Crippen molar-refractivity contribution in [1.29, 1.82) is 0 Å². The predicted octanol–water partition coefficient (Wildman–Crippen LogP) is 6.81. The molecule has 0 atom stereocenters. The predicted molar refractivity (Wildman–Crippen MR) is 96.2 cm³/mol. The Morgan fingerprint density at radius 3 is 1.68 bits per heavy atom. The fraction of sp³-hybridized carbons (Fsp3) is 0.950. The SMILES string of the molecule is CCCCCCCCCC(=O)OC(C)(CCCC)CCCC. The van der Waals surface area contributed by atoms with Gasteiger partial charge in [0.25, 0.3) is 0 Å². The van der Waals surface area contributed by atoms with Crippen molar-refractivity contribution in [3.05, 3.63) is 0 Å². The Hall–Kier alpha value is -0.530. The highest BCUT2D eigenvalue weighted by molar-refractivity contribution is 5.69. The Balaban J connectivity index is 3.91. The summed E-state index contributed by atoms with van der Waals surface area (Å²) in [5.41, 5.74) is -0.232. The molecule has 0 bridgehead atoms. The highest BCUT2D eigenvalue weighted by Gasteiger charge is 2.27. The zero-order valence-corrected chi connectivity index (χ0v) is 15.7. The van der Waals surface area contributed by atoms with Crippen molar-refractivity contribution in [1.82, 2.24) is 0 Å². The third kappa shape index (κ3) is 12.1. The number of rotatable bonds is 15. The van der Waals surface area contributed by atoms with Crippen LogP contribution in [0, 0.1) is 0 Å². The number of carbonyl (C=O) groups excluding carboxylic acids is 1. The van der Waals surface area contributed by atoms with Gasteiger partial charge in [0.2, 0.25) is 0 Å². The second-order valence-electron chi connectivity index (χ2n) is 7.00. The van der Waals surface area contributed by atoms with Crippen molar-refractivity contribution in [2.75, 3.05) is 0 Å². The summed E-state index contributed by atoms with van der Waals surface area (Å²) in [6.07, 6.45) is 15.9. The molecule has 0 saturated heterocycles. The van der Waals surface area contributed by atoms with E-state index in [2.05, 4.69) is 27.7 Å². The van der Waals surface area contributed by atoms with E-state index in [1.807, 2.05) is 0 Å². The minimum absolute atomic E-state index is 0.0169. The van der Waals surface area contributed by atoms with E-state index in [1.165, 1.54) is 38.5 Å². The van der Waals surface area contributed by atoms with Crippen LogP contribution in [0.3, 0.4) is 0 Å². The van der Waals surface area contributed by atoms with E-state index < -0.39 is 0 Å². The molecule has 132 valence electrons. The van der Waals surface area contributed by atoms with Crippen LogP contribution in [0.2, 0.25) is 0 Å². The number of unbranched alkanes of at least 4 members (excludes halogenated alkanes) is 8. The quantitative estimate of drug-likeness (QED) is 0.245. The number of esters is 1. The summed E-state index contributed by atoms with van der Waals surface area (Å²) >= 11 is 0. The molecule has 0 fully saturated rings. The molecule has 0 aromatic heterocycles. The van der Waals surface area contributed by atoms with Crippen molar-refractivity contribution in [3.63, 3.8) is 0 Å². The third-order valence-electron chi connectivity index (χ3n) is 4.46. The molecule has 0 radical (unpaired) electrons. The second kappa shape index (κ2) is 14.1.